The lowest BCUT2D eigenvalue weighted by molar-refractivity contribution is 0.0624. The minimum Gasteiger partial charge on any atom is -0.498 e. The van der Waals surface area contributed by atoms with Crippen molar-refractivity contribution in [3.8, 4) is 0 Å². The van der Waals surface area contributed by atoms with Crippen molar-refractivity contribution < 1.29 is 18.0 Å². The van der Waals surface area contributed by atoms with Gasteiger partial charge in [-0.3, -0.25) is 0 Å². The van der Waals surface area contributed by atoms with Crippen LogP contribution in [0.2, 0.25) is 0 Å². The third kappa shape index (κ3) is 5.28. The molecule has 0 bridgehead atoms. The zero-order chi connectivity index (χ0) is 15.6. The number of allylic oxidation sites excluding steroid dienone is 1. The SMILES string of the molecule is CCO[Si](OCC)(OCC)/C(=C/Cc1ccccc1)OC. The first-order chi connectivity index (χ1) is 10.2. The molecule has 0 spiro atoms. The molecule has 21 heavy (non-hydrogen) atoms. The number of rotatable bonds is 10. The van der Waals surface area contributed by atoms with Gasteiger partial charge in [0.2, 0.25) is 0 Å². The van der Waals surface area contributed by atoms with Gasteiger partial charge in [-0.15, -0.1) is 0 Å². The lowest BCUT2D eigenvalue weighted by Gasteiger charge is -2.29. The maximum atomic E-state index is 5.85. The van der Waals surface area contributed by atoms with Crippen molar-refractivity contribution >= 4 is 8.80 Å². The molecule has 0 amide bonds. The van der Waals surface area contributed by atoms with Gasteiger partial charge < -0.3 is 18.0 Å². The summed E-state index contributed by atoms with van der Waals surface area (Å²) in [5, 5.41) is 0.678. The summed E-state index contributed by atoms with van der Waals surface area (Å²) < 4.78 is 23.1. The largest absolute Gasteiger partial charge is 0.573 e. The molecule has 0 aliphatic heterocycles. The normalized spacial score (nSPS) is 12.5. The van der Waals surface area contributed by atoms with Gasteiger partial charge in [0.1, 0.15) is 0 Å². The molecular formula is C16H26O4Si. The van der Waals surface area contributed by atoms with E-state index >= 15 is 0 Å². The molecule has 0 unspecified atom stereocenters. The summed E-state index contributed by atoms with van der Waals surface area (Å²) in [6, 6.07) is 10.2. The Labute approximate surface area is 129 Å². The van der Waals surface area contributed by atoms with Crippen LogP contribution in [-0.2, 0) is 24.4 Å². The van der Waals surface area contributed by atoms with Crippen LogP contribution in [0, 0.1) is 0 Å². The van der Waals surface area contributed by atoms with Crippen molar-refractivity contribution in [2.45, 2.75) is 27.2 Å². The Morgan fingerprint density at radius 3 is 1.90 bits per heavy atom. The summed E-state index contributed by atoms with van der Waals surface area (Å²) in [5.74, 6) is 0. The third-order valence-corrected chi connectivity index (χ3v) is 5.91. The summed E-state index contributed by atoms with van der Waals surface area (Å²) in [6.45, 7) is 7.38. The molecule has 0 fully saturated rings. The van der Waals surface area contributed by atoms with Crippen molar-refractivity contribution in [2.75, 3.05) is 26.9 Å². The smallest absolute Gasteiger partial charge is 0.498 e. The quantitative estimate of drug-likeness (QED) is 0.490. The van der Waals surface area contributed by atoms with Crippen LogP contribution >= 0.6 is 0 Å². The van der Waals surface area contributed by atoms with E-state index in [9.17, 15) is 0 Å². The molecule has 0 radical (unpaired) electrons. The van der Waals surface area contributed by atoms with Gasteiger partial charge in [0, 0.05) is 19.8 Å². The topological polar surface area (TPSA) is 36.9 Å². The second-order valence-electron chi connectivity index (χ2n) is 4.32. The average molecular weight is 310 g/mol. The highest BCUT2D eigenvalue weighted by Crippen LogP contribution is 2.22. The van der Waals surface area contributed by atoms with Crippen LogP contribution in [0.3, 0.4) is 0 Å². The molecule has 0 aliphatic rings. The Balaban J connectivity index is 2.98. The van der Waals surface area contributed by atoms with Gasteiger partial charge >= 0.3 is 8.80 Å². The molecule has 0 aromatic heterocycles. The molecular weight excluding hydrogens is 284 g/mol. The molecule has 0 N–H and O–H groups in total. The first kappa shape index (κ1) is 17.9. The van der Waals surface area contributed by atoms with Crippen LogP contribution in [0.4, 0.5) is 0 Å². The Kier molecular flexibility index (Phi) is 8.30. The first-order valence-corrected chi connectivity index (χ1v) is 9.15. The zero-order valence-electron chi connectivity index (χ0n) is 13.4. The van der Waals surface area contributed by atoms with E-state index in [0.717, 1.165) is 6.42 Å². The monoisotopic (exact) mass is 310 g/mol. The third-order valence-electron chi connectivity index (χ3n) is 2.89. The van der Waals surface area contributed by atoms with Crippen molar-refractivity contribution in [1.29, 1.82) is 0 Å². The fraction of sp³-hybridized carbons (Fsp3) is 0.500. The van der Waals surface area contributed by atoms with Crippen molar-refractivity contribution in [3.63, 3.8) is 0 Å². The molecule has 0 saturated carbocycles. The molecule has 0 heterocycles. The van der Waals surface area contributed by atoms with Crippen LogP contribution in [0.25, 0.3) is 0 Å². The van der Waals surface area contributed by atoms with Gasteiger partial charge in [-0.25, -0.2) is 0 Å². The van der Waals surface area contributed by atoms with Gasteiger partial charge in [-0.2, -0.15) is 0 Å². The average Bonchev–Trinajstić information content (AvgIpc) is 2.49. The second-order valence-corrected chi connectivity index (χ2v) is 6.79. The Hall–Kier alpha value is -1.14. The standard InChI is InChI=1S/C16H26O4Si/c1-5-18-21(19-6-2,20-7-3)16(17-4)14-13-15-11-9-8-10-12-15/h8-12,14H,5-7,13H2,1-4H3/b16-14+. The fourth-order valence-corrected chi connectivity index (χ4v) is 4.49. The lowest BCUT2D eigenvalue weighted by atomic mass is 10.1. The minimum absolute atomic E-state index is 0.526. The molecule has 118 valence electrons. The Bertz CT molecular complexity index is 403. The van der Waals surface area contributed by atoms with Gasteiger partial charge in [0.25, 0.3) is 0 Å². The van der Waals surface area contributed by atoms with Crippen molar-refractivity contribution in [2.24, 2.45) is 0 Å². The fourth-order valence-electron chi connectivity index (χ4n) is 2.07. The van der Waals surface area contributed by atoms with Gasteiger partial charge in [0.05, 0.1) is 7.11 Å². The molecule has 1 rings (SSSR count). The molecule has 0 atom stereocenters. The summed E-state index contributed by atoms with van der Waals surface area (Å²) in [7, 11) is -1.31. The Morgan fingerprint density at radius 2 is 1.48 bits per heavy atom. The van der Waals surface area contributed by atoms with Crippen LogP contribution in [-0.4, -0.2) is 35.7 Å². The number of hydrogen-bond acceptors (Lipinski definition) is 4. The van der Waals surface area contributed by atoms with Gasteiger partial charge in [0.15, 0.2) is 5.38 Å². The highest BCUT2D eigenvalue weighted by molar-refractivity contribution is 6.68. The first-order valence-electron chi connectivity index (χ1n) is 7.42. The number of methoxy groups -OCH3 is 1. The van der Waals surface area contributed by atoms with E-state index in [0.29, 0.717) is 25.2 Å². The summed E-state index contributed by atoms with van der Waals surface area (Å²) >= 11 is 0. The van der Waals surface area contributed by atoms with E-state index in [2.05, 4.69) is 12.1 Å². The van der Waals surface area contributed by atoms with Crippen molar-refractivity contribution in [1.82, 2.24) is 0 Å². The summed E-state index contributed by atoms with van der Waals surface area (Å²) in [5.41, 5.74) is 1.21. The minimum atomic E-state index is -2.94. The van der Waals surface area contributed by atoms with E-state index in [-0.39, 0.29) is 0 Å². The van der Waals surface area contributed by atoms with Gasteiger partial charge in [-0.1, -0.05) is 30.3 Å². The van der Waals surface area contributed by atoms with Crippen molar-refractivity contribution in [3.05, 3.63) is 47.4 Å². The van der Waals surface area contributed by atoms with E-state index < -0.39 is 8.80 Å². The van der Waals surface area contributed by atoms with Crippen LogP contribution in [0.5, 0.6) is 0 Å². The number of ether oxygens (including phenoxy) is 1. The number of hydrogen-bond donors (Lipinski definition) is 0. The maximum Gasteiger partial charge on any atom is 0.573 e. The molecule has 1 aromatic rings. The Morgan fingerprint density at radius 1 is 0.952 bits per heavy atom. The molecule has 5 heteroatoms. The molecule has 0 aliphatic carbocycles. The van der Waals surface area contributed by atoms with Crippen LogP contribution in [0.1, 0.15) is 26.3 Å². The van der Waals surface area contributed by atoms with Gasteiger partial charge in [-0.05, 0) is 38.8 Å². The number of benzene rings is 1. The summed E-state index contributed by atoms with van der Waals surface area (Å²) in [6.07, 6.45) is 2.76. The van der Waals surface area contributed by atoms with E-state index in [1.54, 1.807) is 7.11 Å². The highest BCUT2D eigenvalue weighted by Gasteiger charge is 2.47. The predicted molar refractivity (Wildman–Crippen MR) is 85.9 cm³/mol. The molecule has 0 saturated heterocycles. The van der Waals surface area contributed by atoms with E-state index in [1.807, 2.05) is 45.0 Å². The lowest BCUT2D eigenvalue weighted by Crippen LogP contribution is -2.49. The maximum absolute atomic E-state index is 5.85. The molecule has 1 aromatic carbocycles. The van der Waals surface area contributed by atoms with E-state index in [1.165, 1.54) is 5.56 Å². The highest BCUT2D eigenvalue weighted by atomic mass is 28.4. The molecule has 4 nitrogen and oxygen atoms in total. The zero-order valence-corrected chi connectivity index (χ0v) is 14.4. The predicted octanol–water partition coefficient (Wildman–Crippen LogP) is 3.35. The van der Waals surface area contributed by atoms with E-state index in [4.69, 9.17) is 18.0 Å². The summed E-state index contributed by atoms with van der Waals surface area (Å²) in [4.78, 5) is 0. The van der Waals surface area contributed by atoms with Crippen LogP contribution < -0.4 is 0 Å². The van der Waals surface area contributed by atoms with Crippen LogP contribution in [0.15, 0.2) is 41.8 Å². The second kappa shape index (κ2) is 9.73.